The number of hydrogen-bond acceptors (Lipinski definition) is 1. The van der Waals surface area contributed by atoms with Gasteiger partial charge in [0.1, 0.15) is 0 Å². The van der Waals surface area contributed by atoms with Crippen LogP contribution in [-0.4, -0.2) is 45.0 Å². The molecule has 0 aromatic rings. The Morgan fingerprint density at radius 1 is 1.00 bits per heavy atom. The second-order valence-electron chi connectivity index (χ2n) is 5.72. The zero-order valence-electron chi connectivity index (χ0n) is 11.1. The Kier molecular flexibility index (Phi) is 6.68. The van der Waals surface area contributed by atoms with Crippen molar-refractivity contribution in [2.75, 3.05) is 6.54 Å². The Morgan fingerprint density at radius 2 is 1.53 bits per heavy atom. The van der Waals surface area contributed by atoms with Gasteiger partial charge in [0.15, 0.2) is 0 Å². The summed E-state index contributed by atoms with van der Waals surface area (Å²) in [7, 11) is 0. The molecule has 0 unspecified atom stereocenters. The van der Waals surface area contributed by atoms with Gasteiger partial charge >= 0.3 is 104 Å². The predicted molar refractivity (Wildman–Crippen MR) is 71.0 cm³/mol. The molecule has 0 atom stereocenters. The molecule has 0 amide bonds. The average molecular weight is 313 g/mol. The molecule has 1 aliphatic heterocycles. The van der Waals surface area contributed by atoms with E-state index in [-0.39, 0.29) is 0 Å². The van der Waals surface area contributed by atoms with E-state index in [1.807, 2.05) is 0 Å². The second kappa shape index (κ2) is 7.21. The molecule has 0 spiro atoms. The molecular weight excluding hydrogens is 285 g/mol. The summed E-state index contributed by atoms with van der Waals surface area (Å²) in [5, 5.41) is 0. The Morgan fingerprint density at radius 3 is 2.00 bits per heavy atom. The third kappa shape index (κ3) is 5.12. The van der Waals surface area contributed by atoms with E-state index in [1.54, 1.807) is 25.4 Å². The zero-order chi connectivity index (χ0) is 11.3. The van der Waals surface area contributed by atoms with Gasteiger partial charge in [0.05, 0.1) is 0 Å². The van der Waals surface area contributed by atoms with Crippen LogP contribution in [0.25, 0.3) is 0 Å². The fourth-order valence-corrected chi connectivity index (χ4v) is 12.6. The van der Waals surface area contributed by atoms with Gasteiger partial charge < -0.3 is 0 Å². The van der Waals surface area contributed by atoms with Crippen LogP contribution in [0.3, 0.4) is 0 Å². The molecule has 1 saturated heterocycles. The van der Waals surface area contributed by atoms with Crippen LogP contribution in [0.2, 0.25) is 12.5 Å². The van der Waals surface area contributed by atoms with E-state index >= 15 is 0 Å². The maximum atomic E-state index is 2.65. The molecule has 1 fully saturated rings. The fourth-order valence-electron chi connectivity index (χ4n) is 2.97. The summed E-state index contributed by atoms with van der Waals surface area (Å²) in [6.07, 6.45) is 4.66. The van der Waals surface area contributed by atoms with Crippen LogP contribution in [0.1, 0.15) is 47.0 Å². The normalized spacial score (nSPS) is 17.4. The molecular formula is C13H28InN. The average Bonchev–Trinajstić information content (AvgIpc) is 2.63. The standard InChI is InChI=1S/C9H20N.C4H8.In/c1-6-7-10(8(2)3)9(4)5;1-3-4-2;/h8-9H,1,6-7H2,2-5H3;1-4H2;. The van der Waals surface area contributed by atoms with Crippen molar-refractivity contribution in [1.82, 2.24) is 4.90 Å². The van der Waals surface area contributed by atoms with Gasteiger partial charge in [-0.25, -0.2) is 0 Å². The fraction of sp³-hybridized carbons (Fsp3) is 1.00. The Hall–Kier alpha value is 0.830. The van der Waals surface area contributed by atoms with Crippen molar-refractivity contribution >= 4 is 21.4 Å². The van der Waals surface area contributed by atoms with E-state index < -0.39 is 21.4 Å². The van der Waals surface area contributed by atoms with Crippen molar-refractivity contribution in [2.24, 2.45) is 0 Å². The summed E-state index contributed by atoms with van der Waals surface area (Å²) in [6, 6.07) is 1.45. The molecule has 0 aromatic carbocycles. The van der Waals surface area contributed by atoms with Crippen LogP contribution in [0, 0.1) is 0 Å². The van der Waals surface area contributed by atoms with Gasteiger partial charge in [-0.15, -0.1) is 0 Å². The summed E-state index contributed by atoms with van der Waals surface area (Å²) in [5.41, 5.74) is 0. The first kappa shape index (κ1) is 13.9. The van der Waals surface area contributed by atoms with Gasteiger partial charge in [-0.3, -0.25) is 0 Å². The first-order valence-corrected chi connectivity index (χ1v) is 13.9. The van der Waals surface area contributed by atoms with Crippen LogP contribution in [0.15, 0.2) is 0 Å². The Balaban J connectivity index is 2.15. The predicted octanol–water partition coefficient (Wildman–Crippen LogP) is 3.78. The minimum atomic E-state index is -0.890. The van der Waals surface area contributed by atoms with Crippen molar-refractivity contribution < 1.29 is 0 Å². The molecule has 0 aromatic heterocycles. The molecule has 88 valence electrons. The van der Waals surface area contributed by atoms with Gasteiger partial charge in [0, 0.05) is 0 Å². The first-order chi connectivity index (χ1) is 7.11. The quantitative estimate of drug-likeness (QED) is 0.721. The van der Waals surface area contributed by atoms with E-state index in [9.17, 15) is 0 Å². The molecule has 0 bridgehead atoms. The van der Waals surface area contributed by atoms with Crippen molar-refractivity contribution in [3.05, 3.63) is 0 Å². The van der Waals surface area contributed by atoms with E-state index in [0.717, 1.165) is 12.1 Å². The van der Waals surface area contributed by atoms with Gasteiger partial charge in [-0.05, 0) is 0 Å². The first-order valence-electron chi connectivity index (χ1n) is 6.87. The van der Waals surface area contributed by atoms with Gasteiger partial charge in [0.2, 0.25) is 0 Å². The molecule has 1 nitrogen and oxygen atoms in total. The van der Waals surface area contributed by atoms with Gasteiger partial charge in [-0.2, -0.15) is 0 Å². The monoisotopic (exact) mass is 313 g/mol. The molecule has 1 rings (SSSR count). The van der Waals surface area contributed by atoms with Crippen LogP contribution >= 0.6 is 0 Å². The van der Waals surface area contributed by atoms with Crippen molar-refractivity contribution in [1.29, 1.82) is 0 Å². The van der Waals surface area contributed by atoms with Crippen molar-refractivity contribution in [3.63, 3.8) is 0 Å². The molecule has 15 heavy (non-hydrogen) atoms. The zero-order valence-corrected chi connectivity index (χ0v) is 14.4. The Bertz CT molecular complexity index is 154. The van der Waals surface area contributed by atoms with Gasteiger partial charge in [0.25, 0.3) is 0 Å². The topological polar surface area (TPSA) is 3.24 Å². The second-order valence-corrected chi connectivity index (χ2v) is 15.6. The Labute approximate surface area is 104 Å². The summed E-state index contributed by atoms with van der Waals surface area (Å²) in [4.78, 5) is 2.65. The van der Waals surface area contributed by atoms with E-state index in [2.05, 4.69) is 32.6 Å². The third-order valence-electron chi connectivity index (χ3n) is 3.83. The summed E-state index contributed by atoms with van der Waals surface area (Å²) < 4.78 is 5.10. The molecule has 2 heteroatoms. The minimum absolute atomic E-state index is 0.726. The summed E-state index contributed by atoms with van der Waals surface area (Å²) in [6.45, 7) is 10.7. The molecule has 0 N–H and O–H groups in total. The van der Waals surface area contributed by atoms with E-state index in [4.69, 9.17) is 0 Å². The molecule has 0 saturated carbocycles. The SMILES string of the molecule is CC(C)N(CC[CH2][In]1[CH2]CC[CH2]1)C(C)C. The van der Waals surface area contributed by atoms with Crippen LogP contribution in [0.4, 0.5) is 0 Å². The summed E-state index contributed by atoms with van der Waals surface area (Å²) >= 11 is -0.890. The number of rotatable bonds is 6. The van der Waals surface area contributed by atoms with Gasteiger partial charge in [-0.1, -0.05) is 0 Å². The van der Waals surface area contributed by atoms with E-state index in [0.29, 0.717) is 0 Å². The summed E-state index contributed by atoms with van der Waals surface area (Å²) in [5.74, 6) is 0. The molecule has 1 heterocycles. The number of nitrogens with zero attached hydrogens (tertiary/aromatic N) is 1. The van der Waals surface area contributed by atoms with Crippen LogP contribution in [0.5, 0.6) is 0 Å². The third-order valence-corrected chi connectivity index (χ3v) is 14.3. The molecule has 0 radical (unpaired) electrons. The van der Waals surface area contributed by atoms with Crippen molar-refractivity contribution in [3.8, 4) is 0 Å². The number of hydrogen-bond donors (Lipinski definition) is 0. The van der Waals surface area contributed by atoms with E-state index in [1.165, 1.54) is 13.0 Å². The van der Waals surface area contributed by atoms with Crippen LogP contribution in [-0.2, 0) is 0 Å². The van der Waals surface area contributed by atoms with Crippen LogP contribution < -0.4 is 0 Å². The maximum absolute atomic E-state index is 2.65. The molecule has 1 aliphatic rings. The van der Waals surface area contributed by atoms with Crippen molar-refractivity contribution in [2.45, 2.75) is 71.6 Å². The molecule has 0 aliphatic carbocycles.